The molecule has 0 heterocycles. The second-order valence-corrected chi connectivity index (χ2v) is 4.94. The molecular weight excluding hydrogens is 258 g/mol. The zero-order chi connectivity index (χ0) is 15.0. The van der Waals surface area contributed by atoms with Crippen molar-refractivity contribution in [3.63, 3.8) is 0 Å². The predicted octanol–water partition coefficient (Wildman–Crippen LogP) is 1.80. The van der Waals surface area contributed by atoms with Crippen molar-refractivity contribution in [1.82, 2.24) is 5.32 Å². The van der Waals surface area contributed by atoms with Crippen molar-refractivity contribution >= 4 is 11.9 Å². The average molecular weight is 279 g/mol. The highest BCUT2D eigenvalue weighted by Gasteiger charge is 2.08. The van der Waals surface area contributed by atoms with Gasteiger partial charge in [-0.2, -0.15) is 0 Å². The molecule has 1 unspecified atom stereocenters. The Hall–Kier alpha value is -1.88. The highest BCUT2D eigenvalue weighted by molar-refractivity contribution is 5.94. The van der Waals surface area contributed by atoms with Crippen LogP contribution in [0.1, 0.15) is 42.1 Å². The van der Waals surface area contributed by atoms with E-state index in [2.05, 4.69) is 5.32 Å². The van der Waals surface area contributed by atoms with Gasteiger partial charge >= 0.3 is 5.97 Å². The molecule has 1 rings (SSSR count). The van der Waals surface area contributed by atoms with E-state index in [1.54, 1.807) is 24.3 Å². The van der Waals surface area contributed by atoms with E-state index in [-0.39, 0.29) is 24.9 Å². The summed E-state index contributed by atoms with van der Waals surface area (Å²) in [6, 6.07) is 6.78. The summed E-state index contributed by atoms with van der Waals surface area (Å²) >= 11 is 0. The molecule has 20 heavy (non-hydrogen) atoms. The Kier molecular flexibility index (Phi) is 6.73. The summed E-state index contributed by atoms with van der Waals surface area (Å²) in [5.74, 6) is -0.673. The van der Waals surface area contributed by atoms with Crippen LogP contribution in [0.5, 0.6) is 0 Å². The molecular formula is C15H21NO4. The Morgan fingerprint density at radius 1 is 1.20 bits per heavy atom. The minimum Gasteiger partial charge on any atom is -0.481 e. The normalized spacial score (nSPS) is 11.9. The summed E-state index contributed by atoms with van der Waals surface area (Å²) in [6.07, 6.45) is 1.54. The van der Waals surface area contributed by atoms with Gasteiger partial charge in [0.1, 0.15) is 0 Å². The fourth-order valence-corrected chi connectivity index (χ4v) is 1.81. The number of amides is 1. The summed E-state index contributed by atoms with van der Waals surface area (Å²) in [5.41, 5.74) is 1.32. The molecule has 1 aromatic carbocycles. The van der Waals surface area contributed by atoms with Gasteiger partial charge in [-0.3, -0.25) is 9.59 Å². The molecule has 0 fully saturated rings. The lowest BCUT2D eigenvalue weighted by Gasteiger charge is -2.11. The van der Waals surface area contributed by atoms with Crippen LogP contribution in [-0.2, 0) is 11.4 Å². The Morgan fingerprint density at radius 2 is 1.85 bits per heavy atom. The number of nitrogens with one attached hydrogen (secondary N) is 1. The van der Waals surface area contributed by atoms with Crippen LogP contribution in [0, 0.1) is 5.92 Å². The van der Waals surface area contributed by atoms with Crippen LogP contribution in [0.15, 0.2) is 24.3 Å². The number of benzene rings is 1. The topological polar surface area (TPSA) is 86.6 Å². The Morgan fingerprint density at radius 3 is 2.40 bits per heavy atom. The molecule has 3 N–H and O–H groups in total. The predicted molar refractivity (Wildman–Crippen MR) is 75.3 cm³/mol. The van der Waals surface area contributed by atoms with Crippen LogP contribution in [0.4, 0.5) is 0 Å². The van der Waals surface area contributed by atoms with Gasteiger partial charge in [0.2, 0.25) is 0 Å². The molecule has 0 saturated heterocycles. The summed E-state index contributed by atoms with van der Waals surface area (Å²) in [7, 11) is 0. The van der Waals surface area contributed by atoms with E-state index >= 15 is 0 Å². The number of hydrogen-bond acceptors (Lipinski definition) is 3. The molecule has 0 saturated carbocycles. The van der Waals surface area contributed by atoms with Gasteiger partial charge in [-0.15, -0.1) is 0 Å². The average Bonchev–Trinajstić information content (AvgIpc) is 2.45. The molecule has 0 aliphatic carbocycles. The number of aliphatic hydroxyl groups is 1. The van der Waals surface area contributed by atoms with Gasteiger partial charge in [-0.05, 0) is 36.5 Å². The van der Waals surface area contributed by atoms with Crippen LogP contribution in [0.2, 0.25) is 0 Å². The molecule has 1 aromatic rings. The van der Waals surface area contributed by atoms with Crippen LogP contribution >= 0.6 is 0 Å². The number of carboxylic acid groups (broad SMARTS) is 1. The molecule has 0 radical (unpaired) electrons. The molecule has 110 valence electrons. The van der Waals surface area contributed by atoms with Crippen molar-refractivity contribution in [2.45, 2.75) is 32.8 Å². The van der Waals surface area contributed by atoms with Gasteiger partial charge in [0.15, 0.2) is 0 Å². The SMILES string of the molecule is CC(CCNC(=O)c1ccc(CO)cc1)CCC(=O)O. The standard InChI is InChI=1S/C15H21NO4/c1-11(2-7-14(18)19)8-9-16-15(20)13-5-3-12(10-17)4-6-13/h3-6,11,17H,2,7-10H2,1H3,(H,16,20)(H,18,19). The Balaban J connectivity index is 2.30. The first-order valence-electron chi connectivity index (χ1n) is 6.72. The van der Waals surface area contributed by atoms with Gasteiger partial charge in [0.05, 0.1) is 6.61 Å². The van der Waals surface area contributed by atoms with Crippen molar-refractivity contribution in [2.75, 3.05) is 6.54 Å². The molecule has 5 heteroatoms. The Labute approximate surface area is 118 Å². The number of aliphatic hydroxyl groups excluding tert-OH is 1. The fraction of sp³-hybridized carbons (Fsp3) is 0.467. The van der Waals surface area contributed by atoms with Gasteiger partial charge in [0, 0.05) is 18.5 Å². The van der Waals surface area contributed by atoms with Crippen LogP contribution in [0.3, 0.4) is 0 Å². The van der Waals surface area contributed by atoms with E-state index in [4.69, 9.17) is 10.2 Å². The third-order valence-electron chi connectivity index (χ3n) is 3.17. The molecule has 0 aliphatic heterocycles. The molecule has 0 bridgehead atoms. The van der Waals surface area contributed by atoms with E-state index in [0.717, 1.165) is 12.0 Å². The van der Waals surface area contributed by atoms with Gasteiger partial charge in [0.25, 0.3) is 5.91 Å². The first-order valence-corrected chi connectivity index (χ1v) is 6.72. The lowest BCUT2D eigenvalue weighted by molar-refractivity contribution is -0.137. The van der Waals surface area contributed by atoms with Crippen molar-refractivity contribution < 1.29 is 19.8 Å². The summed E-state index contributed by atoms with van der Waals surface area (Å²) < 4.78 is 0. The smallest absolute Gasteiger partial charge is 0.303 e. The number of rotatable bonds is 8. The summed E-state index contributed by atoms with van der Waals surface area (Å²) in [4.78, 5) is 22.3. The quantitative estimate of drug-likeness (QED) is 0.677. The highest BCUT2D eigenvalue weighted by Crippen LogP contribution is 2.09. The van der Waals surface area contributed by atoms with Crippen LogP contribution in [0.25, 0.3) is 0 Å². The van der Waals surface area contributed by atoms with E-state index in [9.17, 15) is 9.59 Å². The van der Waals surface area contributed by atoms with Crippen LogP contribution < -0.4 is 5.32 Å². The number of hydrogen-bond donors (Lipinski definition) is 3. The lowest BCUT2D eigenvalue weighted by Crippen LogP contribution is -2.25. The fourth-order valence-electron chi connectivity index (χ4n) is 1.81. The van der Waals surface area contributed by atoms with Gasteiger partial charge < -0.3 is 15.5 Å². The second kappa shape index (κ2) is 8.32. The van der Waals surface area contributed by atoms with E-state index in [0.29, 0.717) is 18.5 Å². The van der Waals surface area contributed by atoms with Crippen molar-refractivity contribution in [3.8, 4) is 0 Å². The molecule has 5 nitrogen and oxygen atoms in total. The zero-order valence-corrected chi connectivity index (χ0v) is 11.6. The van der Waals surface area contributed by atoms with Crippen molar-refractivity contribution in [1.29, 1.82) is 0 Å². The highest BCUT2D eigenvalue weighted by atomic mass is 16.4. The number of carbonyl (C=O) groups is 2. The molecule has 1 amide bonds. The Bertz CT molecular complexity index is 442. The number of carbonyl (C=O) groups excluding carboxylic acids is 1. The van der Waals surface area contributed by atoms with Crippen molar-refractivity contribution in [2.24, 2.45) is 5.92 Å². The molecule has 0 spiro atoms. The second-order valence-electron chi connectivity index (χ2n) is 4.94. The zero-order valence-electron chi connectivity index (χ0n) is 11.6. The lowest BCUT2D eigenvalue weighted by atomic mass is 10.0. The molecule has 0 aliphatic rings. The maximum Gasteiger partial charge on any atom is 0.303 e. The minimum absolute atomic E-state index is 0.0387. The van der Waals surface area contributed by atoms with Gasteiger partial charge in [-0.25, -0.2) is 0 Å². The summed E-state index contributed by atoms with van der Waals surface area (Å²) in [5, 5.41) is 20.3. The maximum absolute atomic E-state index is 11.8. The largest absolute Gasteiger partial charge is 0.481 e. The molecule has 0 aromatic heterocycles. The van der Waals surface area contributed by atoms with E-state index < -0.39 is 5.97 Å². The van der Waals surface area contributed by atoms with Crippen molar-refractivity contribution in [3.05, 3.63) is 35.4 Å². The third kappa shape index (κ3) is 5.84. The number of aliphatic carboxylic acids is 1. The summed E-state index contributed by atoms with van der Waals surface area (Å²) in [6.45, 7) is 2.47. The van der Waals surface area contributed by atoms with Crippen LogP contribution in [-0.4, -0.2) is 28.6 Å². The molecule has 1 atom stereocenters. The first kappa shape index (κ1) is 16.2. The number of carboxylic acids is 1. The maximum atomic E-state index is 11.8. The van der Waals surface area contributed by atoms with Gasteiger partial charge in [-0.1, -0.05) is 19.1 Å². The van der Waals surface area contributed by atoms with E-state index in [1.807, 2.05) is 6.92 Å². The monoisotopic (exact) mass is 279 g/mol. The first-order chi connectivity index (χ1) is 9.52. The minimum atomic E-state index is -0.787. The van der Waals surface area contributed by atoms with E-state index in [1.165, 1.54) is 0 Å². The third-order valence-corrected chi connectivity index (χ3v) is 3.17.